The Labute approximate surface area is 116 Å². The predicted octanol–water partition coefficient (Wildman–Crippen LogP) is -0.693. The smallest absolute Gasteiger partial charge is 0.358 e. The summed E-state index contributed by atoms with van der Waals surface area (Å²) in [6, 6.07) is 1.17. The Bertz CT molecular complexity index is 634. The number of rotatable bonds is 4. The van der Waals surface area contributed by atoms with Crippen molar-refractivity contribution in [2.75, 3.05) is 33.2 Å². The first-order valence-corrected chi connectivity index (χ1v) is 6.88. The molecule has 0 saturated carbocycles. The average Bonchev–Trinajstić information content (AvgIpc) is 2.81. The summed E-state index contributed by atoms with van der Waals surface area (Å²) in [6.07, 6.45) is 0. The maximum atomic E-state index is 12.1. The number of methoxy groups -OCH3 is 1. The summed E-state index contributed by atoms with van der Waals surface area (Å²) in [4.78, 5) is 23.9. The van der Waals surface area contributed by atoms with E-state index in [0.29, 0.717) is 4.09 Å². The second-order valence-electron chi connectivity index (χ2n) is 4.09. The van der Waals surface area contributed by atoms with E-state index >= 15 is 0 Å². The van der Waals surface area contributed by atoms with Crippen molar-refractivity contribution >= 4 is 27.9 Å². The highest BCUT2D eigenvalue weighted by atomic mass is 32.2. The van der Waals surface area contributed by atoms with Crippen LogP contribution in [0.4, 0.5) is 5.82 Å². The van der Waals surface area contributed by atoms with Crippen molar-refractivity contribution in [3.05, 3.63) is 11.8 Å². The first-order valence-electron chi connectivity index (χ1n) is 5.48. The molecule has 0 bridgehead atoms. The molecule has 0 aliphatic rings. The maximum Gasteiger partial charge on any atom is 0.358 e. The number of carbonyl (C=O) groups is 2. The fourth-order valence-corrected chi connectivity index (χ4v) is 2.18. The highest BCUT2D eigenvalue weighted by Crippen LogP contribution is 2.19. The van der Waals surface area contributed by atoms with Crippen molar-refractivity contribution in [3.8, 4) is 0 Å². The third kappa shape index (κ3) is 2.80. The Morgan fingerprint density at radius 1 is 1.30 bits per heavy atom. The molecular formula is C10H16N4O5S. The monoisotopic (exact) mass is 304 g/mol. The van der Waals surface area contributed by atoms with E-state index in [1.165, 1.54) is 34.1 Å². The zero-order valence-electron chi connectivity index (χ0n) is 11.8. The Hall–Kier alpha value is -1.94. The van der Waals surface area contributed by atoms with Crippen LogP contribution in [0.5, 0.6) is 0 Å². The van der Waals surface area contributed by atoms with Gasteiger partial charge in [-0.25, -0.2) is 4.79 Å². The van der Waals surface area contributed by atoms with Gasteiger partial charge in [-0.05, 0) is 0 Å². The third-order valence-corrected chi connectivity index (χ3v) is 4.18. The van der Waals surface area contributed by atoms with Crippen LogP contribution < -0.4 is 4.90 Å². The molecule has 0 saturated heterocycles. The van der Waals surface area contributed by atoms with Crippen LogP contribution in [-0.2, 0) is 19.7 Å². The van der Waals surface area contributed by atoms with Crippen molar-refractivity contribution in [1.29, 1.82) is 0 Å². The minimum absolute atomic E-state index is 0.0494. The Morgan fingerprint density at radius 2 is 1.85 bits per heavy atom. The molecule has 1 amide bonds. The normalized spacial score (nSPS) is 11.5. The van der Waals surface area contributed by atoms with E-state index in [4.69, 9.17) is 0 Å². The van der Waals surface area contributed by atoms with E-state index in [2.05, 4.69) is 9.84 Å². The number of hydrogen-bond donors (Lipinski definition) is 0. The lowest BCUT2D eigenvalue weighted by molar-refractivity contribution is -0.116. The number of aromatic nitrogens is 2. The van der Waals surface area contributed by atoms with Gasteiger partial charge in [-0.15, -0.1) is 9.19 Å². The van der Waals surface area contributed by atoms with E-state index in [9.17, 15) is 18.0 Å². The Morgan fingerprint density at radius 3 is 2.25 bits per heavy atom. The minimum Gasteiger partial charge on any atom is -0.464 e. The van der Waals surface area contributed by atoms with Gasteiger partial charge in [0, 0.05) is 34.1 Å². The van der Waals surface area contributed by atoms with Crippen molar-refractivity contribution in [1.82, 2.24) is 13.5 Å². The van der Waals surface area contributed by atoms with E-state index < -0.39 is 22.1 Å². The van der Waals surface area contributed by atoms with Crippen LogP contribution in [0.2, 0.25) is 0 Å². The highest BCUT2D eigenvalue weighted by molar-refractivity contribution is 7.87. The number of esters is 1. The largest absolute Gasteiger partial charge is 0.464 e. The molecule has 112 valence electrons. The van der Waals surface area contributed by atoms with Gasteiger partial charge in [0.2, 0.25) is 5.91 Å². The molecule has 1 aromatic rings. The summed E-state index contributed by atoms with van der Waals surface area (Å²) in [5.41, 5.74) is -0.207. The Kier molecular flexibility index (Phi) is 4.50. The Balaban J connectivity index is 3.53. The molecule has 0 spiro atoms. The summed E-state index contributed by atoms with van der Waals surface area (Å²) in [5, 5.41) is 3.70. The molecule has 1 rings (SSSR count). The van der Waals surface area contributed by atoms with Crippen LogP contribution >= 0.6 is 0 Å². The van der Waals surface area contributed by atoms with Crippen LogP contribution in [0.25, 0.3) is 0 Å². The maximum absolute atomic E-state index is 12.1. The number of amides is 1. The van der Waals surface area contributed by atoms with E-state index in [-0.39, 0.29) is 11.5 Å². The molecule has 20 heavy (non-hydrogen) atoms. The molecule has 0 aliphatic carbocycles. The van der Waals surface area contributed by atoms with Crippen LogP contribution in [0.3, 0.4) is 0 Å². The molecule has 1 aromatic heterocycles. The SMILES string of the molecule is COC(=O)c1cc(N(C)C(C)=O)n(S(=O)(=O)N(C)C)n1. The molecule has 0 fully saturated rings. The second kappa shape index (κ2) is 5.59. The zero-order chi connectivity index (χ0) is 15.7. The minimum atomic E-state index is -3.97. The topological polar surface area (TPSA) is 102 Å². The van der Waals surface area contributed by atoms with E-state index in [1.54, 1.807) is 0 Å². The summed E-state index contributed by atoms with van der Waals surface area (Å²) in [7, 11) is 1.18. The predicted molar refractivity (Wildman–Crippen MR) is 70.7 cm³/mol. The number of anilines is 1. The molecule has 0 atom stereocenters. The van der Waals surface area contributed by atoms with Crippen LogP contribution in [0.1, 0.15) is 17.4 Å². The molecule has 0 aliphatic heterocycles. The molecule has 0 radical (unpaired) electrons. The molecule has 0 aromatic carbocycles. The molecule has 10 heteroatoms. The number of hydrogen-bond acceptors (Lipinski definition) is 6. The van der Waals surface area contributed by atoms with Gasteiger partial charge in [0.15, 0.2) is 11.5 Å². The molecule has 1 heterocycles. The van der Waals surface area contributed by atoms with Crippen molar-refractivity contribution in [3.63, 3.8) is 0 Å². The zero-order valence-corrected chi connectivity index (χ0v) is 12.6. The molecule has 9 nitrogen and oxygen atoms in total. The van der Waals surface area contributed by atoms with Crippen molar-refractivity contribution in [2.24, 2.45) is 0 Å². The third-order valence-electron chi connectivity index (χ3n) is 2.55. The highest BCUT2D eigenvalue weighted by Gasteiger charge is 2.27. The molecular weight excluding hydrogens is 288 g/mol. The quantitative estimate of drug-likeness (QED) is 0.682. The van der Waals surface area contributed by atoms with Gasteiger partial charge in [-0.3, -0.25) is 9.69 Å². The van der Waals surface area contributed by atoms with Gasteiger partial charge in [0.1, 0.15) is 0 Å². The average molecular weight is 304 g/mol. The van der Waals surface area contributed by atoms with Gasteiger partial charge >= 0.3 is 16.2 Å². The lowest BCUT2D eigenvalue weighted by atomic mass is 10.4. The van der Waals surface area contributed by atoms with Gasteiger partial charge < -0.3 is 4.74 Å². The van der Waals surface area contributed by atoms with Crippen LogP contribution in [0.15, 0.2) is 6.07 Å². The number of nitrogens with zero attached hydrogens (tertiary/aromatic N) is 4. The summed E-state index contributed by atoms with van der Waals surface area (Å²) >= 11 is 0. The second-order valence-corrected chi connectivity index (χ2v) is 6.06. The van der Waals surface area contributed by atoms with Crippen LogP contribution in [-0.4, -0.2) is 62.0 Å². The standard InChI is InChI=1S/C10H16N4O5S/c1-7(15)13(4)9-6-8(10(16)19-5)11-14(9)20(17,18)12(2)3/h6H,1-5H3. The fourth-order valence-electron chi connectivity index (χ4n) is 1.27. The van der Waals surface area contributed by atoms with Gasteiger partial charge in [-0.1, -0.05) is 0 Å². The molecule has 0 unspecified atom stereocenters. The number of ether oxygens (including phenoxy) is 1. The van der Waals surface area contributed by atoms with Crippen molar-refractivity contribution < 1.29 is 22.7 Å². The van der Waals surface area contributed by atoms with E-state index in [0.717, 1.165) is 16.3 Å². The molecule has 0 N–H and O–H groups in total. The first kappa shape index (κ1) is 16.1. The lowest BCUT2D eigenvalue weighted by Crippen LogP contribution is -2.34. The number of carbonyl (C=O) groups excluding carboxylic acids is 2. The van der Waals surface area contributed by atoms with Gasteiger partial charge in [0.05, 0.1) is 7.11 Å². The van der Waals surface area contributed by atoms with Gasteiger partial charge in [0.25, 0.3) is 0 Å². The van der Waals surface area contributed by atoms with Crippen LogP contribution in [0, 0.1) is 0 Å². The lowest BCUT2D eigenvalue weighted by Gasteiger charge is -2.18. The van der Waals surface area contributed by atoms with Crippen molar-refractivity contribution in [2.45, 2.75) is 6.92 Å². The fraction of sp³-hybridized carbons (Fsp3) is 0.500. The van der Waals surface area contributed by atoms with Gasteiger partial charge in [-0.2, -0.15) is 12.7 Å². The summed E-state index contributed by atoms with van der Waals surface area (Å²) in [6.45, 7) is 1.26. The summed E-state index contributed by atoms with van der Waals surface area (Å²) in [5.74, 6) is -1.25. The first-order chi connectivity index (χ1) is 9.12. The van der Waals surface area contributed by atoms with E-state index in [1.807, 2.05) is 0 Å². The summed E-state index contributed by atoms with van der Waals surface area (Å²) < 4.78 is 30.3.